The van der Waals surface area contributed by atoms with Crippen LogP contribution in [0.2, 0.25) is 0 Å². The van der Waals surface area contributed by atoms with Gasteiger partial charge in [0.25, 0.3) is 0 Å². The standard InChI is InChI=1S/C41H41N3O2.Ni/c45-40(32-16-5-1-6-17-32,33-18-7-2-8-19-33)38-26-14-28-43(38)30-36-24-13-25-37(42-36)31-44-29-15-27-39(44)41(46,34-20-9-3-10-21-34)35-22-11-4-12-23-35;/h1-13,16-25,38-39H,14-15,26-31H2;/q-2;+2/t38-,39-;/m0./s1. The van der Waals surface area contributed by atoms with Gasteiger partial charge < -0.3 is 10.2 Å². The minimum absolute atomic E-state index is 0. The maximum atomic E-state index is 15.1. The molecule has 6 heteroatoms. The molecule has 0 aliphatic carbocycles. The summed E-state index contributed by atoms with van der Waals surface area (Å²) < 4.78 is 0. The van der Waals surface area contributed by atoms with E-state index >= 15 is 10.2 Å². The van der Waals surface area contributed by atoms with Gasteiger partial charge in [0.2, 0.25) is 0 Å². The van der Waals surface area contributed by atoms with E-state index in [9.17, 15) is 0 Å². The summed E-state index contributed by atoms with van der Waals surface area (Å²) in [5.41, 5.74) is 2.37. The number of pyridine rings is 1. The van der Waals surface area contributed by atoms with Crippen molar-refractivity contribution in [3.63, 3.8) is 0 Å². The number of rotatable bonds is 10. The van der Waals surface area contributed by atoms with Crippen molar-refractivity contribution in [1.29, 1.82) is 0 Å². The van der Waals surface area contributed by atoms with E-state index in [0.717, 1.165) is 72.4 Å². The molecular weight excluding hydrogens is 625 g/mol. The summed E-state index contributed by atoms with van der Waals surface area (Å²) in [6.45, 7) is 2.96. The Morgan fingerprint density at radius 3 is 1.13 bits per heavy atom. The topological polar surface area (TPSA) is 65.5 Å². The van der Waals surface area contributed by atoms with Gasteiger partial charge in [-0.2, -0.15) is 0 Å². The number of hydrogen-bond donors (Lipinski definition) is 0. The second kappa shape index (κ2) is 14.6. The molecule has 0 spiro atoms. The maximum absolute atomic E-state index is 15.1. The van der Waals surface area contributed by atoms with Crippen LogP contribution in [0.1, 0.15) is 59.3 Å². The Bertz CT molecular complexity index is 1500. The fourth-order valence-electron chi connectivity index (χ4n) is 7.92. The van der Waals surface area contributed by atoms with Crippen molar-refractivity contribution in [2.24, 2.45) is 0 Å². The number of benzene rings is 4. The fraction of sp³-hybridized carbons (Fsp3) is 0.293. The van der Waals surface area contributed by atoms with Gasteiger partial charge in [0.05, 0.1) is 11.4 Å². The first kappa shape index (κ1) is 33.3. The summed E-state index contributed by atoms with van der Waals surface area (Å²) >= 11 is 0. The summed E-state index contributed by atoms with van der Waals surface area (Å²) in [6.07, 6.45) is 3.64. The molecule has 2 fully saturated rings. The van der Waals surface area contributed by atoms with Crippen molar-refractivity contribution in [1.82, 2.24) is 14.8 Å². The van der Waals surface area contributed by atoms with E-state index in [1.165, 1.54) is 0 Å². The maximum Gasteiger partial charge on any atom is 2.00 e. The molecule has 3 heterocycles. The molecular formula is C41H41N3NiO2. The van der Waals surface area contributed by atoms with Gasteiger partial charge in [0.1, 0.15) is 0 Å². The van der Waals surface area contributed by atoms with Crippen LogP contribution >= 0.6 is 0 Å². The summed E-state index contributed by atoms with van der Waals surface area (Å²) in [5, 5.41) is 30.1. The second-order valence-electron chi connectivity index (χ2n) is 12.8. The van der Waals surface area contributed by atoms with Gasteiger partial charge in [-0.1, -0.05) is 150 Å². The first-order valence-corrected chi connectivity index (χ1v) is 16.6. The van der Waals surface area contributed by atoms with Crippen LogP contribution < -0.4 is 10.2 Å². The molecule has 0 N–H and O–H groups in total. The summed E-state index contributed by atoms with van der Waals surface area (Å²) in [7, 11) is 0. The van der Waals surface area contributed by atoms with E-state index in [-0.39, 0.29) is 28.6 Å². The molecule has 2 saturated heterocycles. The molecule has 0 radical (unpaired) electrons. The molecule has 2 atom stereocenters. The molecule has 47 heavy (non-hydrogen) atoms. The van der Waals surface area contributed by atoms with Gasteiger partial charge in [-0.25, -0.2) is 0 Å². The molecule has 1 aromatic heterocycles. The summed E-state index contributed by atoms with van der Waals surface area (Å²) in [5.74, 6) is 0. The Labute approximate surface area is 288 Å². The molecule has 0 bridgehead atoms. The SMILES string of the molecule is [Ni+2].[O-]C(c1ccccc1)(c1ccccc1)[C@@H]1CCCN1Cc1cccc(CN2CCC[C@H]2C([O-])(c2ccccc2)c2ccccc2)n1. The van der Waals surface area contributed by atoms with Crippen LogP contribution in [-0.2, 0) is 40.8 Å². The van der Waals surface area contributed by atoms with E-state index < -0.39 is 11.2 Å². The largest absolute Gasteiger partial charge is 2.00 e. The number of aromatic nitrogens is 1. The summed E-state index contributed by atoms with van der Waals surface area (Å²) in [4.78, 5) is 9.81. The average molecular weight is 666 g/mol. The Morgan fingerprint density at radius 1 is 0.489 bits per heavy atom. The first-order valence-electron chi connectivity index (χ1n) is 16.6. The van der Waals surface area contributed by atoms with Crippen LogP contribution in [0.5, 0.6) is 0 Å². The zero-order valence-electron chi connectivity index (χ0n) is 26.6. The zero-order valence-corrected chi connectivity index (χ0v) is 27.6. The molecule has 0 amide bonds. The Morgan fingerprint density at radius 2 is 0.809 bits per heavy atom. The van der Waals surface area contributed by atoms with Crippen LogP contribution in [0.4, 0.5) is 0 Å². The van der Waals surface area contributed by atoms with Crippen molar-refractivity contribution < 1.29 is 26.7 Å². The van der Waals surface area contributed by atoms with Crippen LogP contribution in [0, 0.1) is 0 Å². The Kier molecular flexibility index (Phi) is 10.4. The fourth-order valence-corrected chi connectivity index (χ4v) is 7.92. The van der Waals surface area contributed by atoms with E-state index in [2.05, 4.69) is 28.0 Å². The molecule has 2 aliphatic rings. The van der Waals surface area contributed by atoms with E-state index in [1.54, 1.807) is 0 Å². The molecule has 4 aromatic carbocycles. The molecule has 2 aliphatic heterocycles. The van der Waals surface area contributed by atoms with E-state index in [4.69, 9.17) is 4.98 Å². The van der Waals surface area contributed by atoms with Crippen molar-refractivity contribution in [3.8, 4) is 0 Å². The van der Waals surface area contributed by atoms with E-state index in [1.807, 2.05) is 121 Å². The molecule has 242 valence electrons. The van der Waals surface area contributed by atoms with Gasteiger partial charge >= 0.3 is 16.5 Å². The van der Waals surface area contributed by atoms with Gasteiger partial charge in [-0.3, -0.25) is 14.8 Å². The third kappa shape index (κ3) is 6.59. The molecule has 0 unspecified atom stereocenters. The van der Waals surface area contributed by atoms with Crippen molar-refractivity contribution >= 4 is 0 Å². The quantitative estimate of drug-likeness (QED) is 0.181. The van der Waals surface area contributed by atoms with Gasteiger partial charge in [0, 0.05) is 25.2 Å². The van der Waals surface area contributed by atoms with Crippen molar-refractivity contribution in [2.75, 3.05) is 13.1 Å². The van der Waals surface area contributed by atoms with Crippen LogP contribution in [0.15, 0.2) is 140 Å². The molecule has 5 aromatic rings. The minimum Gasteiger partial charge on any atom is -0.841 e. The van der Waals surface area contributed by atoms with E-state index in [0.29, 0.717) is 13.1 Å². The molecule has 7 rings (SSSR count). The molecule has 0 saturated carbocycles. The van der Waals surface area contributed by atoms with Gasteiger partial charge in [-0.05, 0) is 62.1 Å². The number of likely N-dealkylation sites (tertiary alicyclic amines) is 2. The van der Waals surface area contributed by atoms with Crippen LogP contribution in [0.3, 0.4) is 0 Å². The Hall–Kier alpha value is -3.64. The number of hydrogen-bond acceptors (Lipinski definition) is 5. The third-order valence-electron chi connectivity index (χ3n) is 10.1. The monoisotopic (exact) mass is 665 g/mol. The molecule has 5 nitrogen and oxygen atoms in total. The second-order valence-corrected chi connectivity index (χ2v) is 12.8. The van der Waals surface area contributed by atoms with Crippen molar-refractivity contribution in [3.05, 3.63) is 173 Å². The zero-order chi connectivity index (χ0) is 31.4. The Balaban J connectivity index is 0.00000386. The normalized spacial score (nSPS) is 19.0. The first-order chi connectivity index (χ1) is 22.6. The predicted octanol–water partition coefficient (Wildman–Crippen LogP) is 5.62. The van der Waals surface area contributed by atoms with Crippen LogP contribution in [0.25, 0.3) is 0 Å². The van der Waals surface area contributed by atoms with Gasteiger partial charge in [0.15, 0.2) is 0 Å². The average Bonchev–Trinajstić information content (AvgIpc) is 3.79. The smallest absolute Gasteiger partial charge is 0.841 e. The van der Waals surface area contributed by atoms with Gasteiger partial charge in [-0.15, -0.1) is 0 Å². The predicted molar refractivity (Wildman–Crippen MR) is 178 cm³/mol. The third-order valence-corrected chi connectivity index (χ3v) is 10.1. The minimum atomic E-state index is -1.38. The number of nitrogens with zero attached hydrogens (tertiary/aromatic N) is 3. The van der Waals surface area contributed by atoms with Crippen LogP contribution in [-0.4, -0.2) is 40.0 Å². The summed E-state index contributed by atoms with van der Waals surface area (Å²) in [6, 6.07) is 45.2. The van der Waals surface area contributed by atoms with Crippen molar-refractivity contribution in [2.45, 2.75) is 62.1 Å².